The maximum absolute atomic E-state index is 11.8. The Hall–Kier alpha value is -3.80. The number of ether oxygens (including phenoxy) is 2. The van der Waals surface area contributed by atoms with E-state index in [1.54, 1.807) is 60.7 Å². The second-order valence-corrected chi connectivity index (χ2v) is 5.46. The van der Waals surface area contributed by atoms with Crippen LogP contribution in [0.3, 0.4) is 0 Å². The molecule has 2 aromatic carbocycles. The first-order valence-electron chi connectivity index (χ1n) is 8.44. The number of carbonyl (C=O) groups excluding carboxylic acids is 4. The molecule has 0 aliphatic carbocycles. The fraction of sp³-hybridized carbons (Fsp3) is 0.0909. The van der Waals surface area contributed by atoms with Gasteiger partial charge in [0, 0.05) is 23.3 Å². The molecule has 0 fully saturated rings. The Bertz CT molecular complexity index is 806. The third kappa shape index (κ3) is 7.21. The zero-order chi connectivity index (χ0) is 20.2. The monoisotopic (exact) mass is 378 g/mol. The molecule has 0 radical (unpaired) electrons. The van der Waals surface area contributed by atoms with E-state index in [-0.39, 0.29) is 24.8 Å². The van der Waals surface area contributed by atoms with Crippen molar-refractivity contribution in [3.8, 4) is 0 Å². The molecule has 0 heterocycles. The van der Waals surface area contributed by atoms with Crippen molar-refractivity contribution < 1.29 is 28.7 Å². The molecule has 0 atom stereocenters. The Morgan fingerprint density at radius 3 is 1.29 bits per heavy atom. The molecule has 0 saturated heterocycles. The van der Waals surface area contributed by atoms with Gasteiger partial charge in [-0.15, -0.1) is 0 Å². The average Bonchev–Trinajstić information content (AvgIpc) is 2.74. The molecule has 0 saturated carbocycles. The van der Waals surface area contributed by atoms with Crippen LogP contribution in [0.4, 0.5) is 0 Å². The number of allylic oxidation sites excluding steroid dienone is 2. The van der Waals surface area contributed by atoms with Gasteiger partial charge >= 0.3 is 11.9 Å². The fourth-order valence-electron chi connectivity index (χ4n) is 2.07. The van der Waals surface area contributed by atoms with Crippen LogP contribution in [-0.2, 0) is 19.1 Å². The molecule has 0 unspecified atom stereocenters. The number of carbonyl (C=O) groups is 4. The highest BCUT2D eigenvalue weighted by Gasteiger charge is 2.05. The highest BCUT2D eigenvalue weighted by Crippen LogP contribution is 2.02. The molecular formula is C22H18O6. The van der Waals surface area contributed by atoms with Crippen LogP contribution in [0, 0.1) is 0 Å². The first kappa shape index (κ1) is 20.5. The lowest BCUT2D eigenvalue weighted by Gasteiger charge is -2.02. The zero-order valence-electron chi connectivity index (χ0n) is 14.9. The van der Waals surface area contributed by atoms with Crippen molar-refractivity contribution >= 4 is 23.5 Å². The predicted octanol–water partition coefficient (Wildman–Crippen LogP) is 2.95. The summed E-state index contributed by atoms with van der Waals surface area (Å²) in [6.45, 7) is -0.343. The Labute approximate surface area is 162 Å². The van der Waals surface area contributed by atoms with Crippen molar-refractivity contribution in [3.63, 3.8) is 0 Å². The zero-order valence-corrected chi connectivity index (χ0v) is 14.9. The normalized spacial score (nSPS) is 10.7. The maximum Gasteiger partial charge on any atom is 0.331 e. The summed E-state index contributed by atoms with van der Waals surface area (Å²) in [5.74, 6) is -2.10. The Morgan fingerprint density at radius 1 is 0.571 bits per heavy atom. The third-order valence-corrected chi connectivity index (χ3v) is 3.43. The van der Waals surface area contributed by atoms with Crippen molar-refractivity contribution in [2.24, 2.45) is 0 Å². The molecule has 6 heteroatoms. The minimum atomic E-state index is -0.727. The summed E-state index contributed by atoms with van der Waals surface area (Å²) < 4.78 is 9.65. The van der Waals surface area contributed by atoms with E-state index < -0.39 is 11.9 Å². The SMILES string of the molecule is O=C(C=CC(=O)c1ccccc1)OCCOC(=O)C=CC(=O)c1ccccc1. The highest BCUT2D eigenvalue weighted by molar-refractivity contribution is 6.07. The minimum Gasteiger partial charge on any atom is -0.459 e. The van der Waals surface area contributed by atoms with Crippen LogP contribution in [0.1, 0.15) is 20.7 Å². The lowest BCUT2D eigenvalue weighted by atomic mass is 10.1. The molecule has 0 aliphatic heterocycles. The first-order chi connectivity index (χ1) is 13.6. The van der Waals surface area contributed by atoms with Gasteiger partial charge in [0.15, 0.2) is 11.6 Å². The number of rotatable bonds is 9. The molecule has 2 aromatic rings. The van der Waals surface area contributed by atoms with E-state index in [9.17, 15) is 19.2 Å². The molecule has 0 bridgehead atoms. The van der Waals surface area contributed by atoms with E-state index in [4.69, 9.17) is 9.47 Å². The van der Waals surface area contributed by atoms with Crippen LogP contribution in [0.2, 0.25) is 0 Å². The van der Waals surface area contributed by atoms with Gasteiger partial charge in [0.1, 0.15) is 13.2 Å². The van der Waals surface area contributed by atoms with E-state index in [1.807, 2.05) is 0 Å². The number of benzene rings is 2. The topological polar surface area (TPSA) is 86.7 Å². The second kappa shape index (κ2) is 11.0. The molecule has 2 rings (SSSR count). The lowest BCUT2D eigenvalue weighted by molar-refractivity contribution is -0.146. The fourth-order valence-corrected chi connectivity index (χ4v) is 2.07. The van der Waals surface area contributed by atoms with E-state index in [0.29, 0.717) is 11.1 Å². The molecule has 28 heavy (non-hydrogen) atoms. The van der Waals surface area contributed by atoms with Crippen molar-refractivity contribution in [1.82, 2.24) is 0 Å². The van der Waals surface area contributed by atoms with Crippen LogP contribution in [0.15, 0.2) is 85.0 Å². The van der Waals surface area contributed by atoms with Gasteiger partial charge < -0.3 is 9.47 Å². The Balaban J connectivity index is 1.66. The van der Waals surface area contributed by atoms with Crippen molar-refractivity contribution in [2.75, 3.05) is 13.2 Å². The van der Waals surface area contributed by atoms with Gasteiger partial charge in [0.05, 0.1) is 0 Å². The number of hydrogen-bond acceptors (Lipinski definition) is 6. The smallest absolute Gasteiger partial charge is 0.331 e. The molecule has 6 nitrogen and oxygen atoms in total. The van der Waals surface area contributed by atoms with Gasteiger partial charge in [-0.3, -0.25) is 9.59 Å². The average molecular weight is 378 g/mol. The summed E-state index contributed by atoms with van der Waals surface area (Å²) >= 11 is 0. The summed E-state index contributed by atoms with van der Waals surface area (Å²) in [6.07, 6.45) is 4.24. The summed E-state index contributed by atoms with van der Waals surface area (Å²) in [7, 11) is 0. The quantitative estimate of drug-likeness (QED) is 0.289. The lowest BCUT2D eigenvalue weighted by Crippen LogP contribution is -2.12. The van der Waals surface area contributed by atoms with Gasteiger partial charge in [-0.2, -0.15) is 0 Å². The summed E-state index contributed by atoms with van der Waals surface area (Å²) in [4.78, 5) is 46.7. The molecule has 0 spiro atoms. The predicted molar refractivity (Wildman–Crippen MR) is 102 cm³/mol. The summed E-state index contributed by atoms with van der Waals surface area (Å²) in [6, 6.07) is 17.0. The molecule has 142 valence electrons. The second-order valence-electron chi connectivity index (χ2n) is 5.46. The van der Waals surface area contributed by atoms with Crippen LogP contribution in [0.25, 0.3) is 0 Å². The van der Waals surface area contributed by atoms with Gasteiger partial charge in [0.2, 0.25) is 0 Å². The van der Waals surface area contributed by atoms with E-state index in [2.05, 4.69) is 0 Å². The minimum absolute atomic E-state index is 0.172. The largest absolute Gasteiger partial charge is 0.459 e. The molecule has 0 aliphatic rings. The van der Waals surface area contributed by atoms with Crippen LogP contribution in [-0.4, -0.2) is 36.7 Å². The number of esters is 2. The molecule has 0 aromatic heterocycles. The van der Waals surface area contributed by atoms with Crippen LogP contribution in [0.5, 0.6) is 0 Å². The molecule has 0 amide bonds. The standard InChI is InChI=1S/C22H18O6/c23-19(17-7-3-1-4-8-17)11-13-21(25)27-15-16-28-22(26)14-12-20(24)18-9-5-2-6-10-18/h1-14H,15-16H2. The van der Waals surface area contributed by atoms with Gasteiger partial charge in [-0.1, -0.05) is 60.7 Å². The third-order valence-electron chi connectivity index (χ3n) is 3.43. The Morgan fingerprint density at radius 2 is 0.929 bits per heavy atom. The number of hydrogen-bond donors (Lipinski definition) is 0. The van der Waals surface area contributed by atoms with Gasteiger partial charge in [-0.25, -0.2) is 9.59 Å². The Kier molecular flexibility index (Phi) is 8.08. The number of ketones is 2. The summed E-state index contributed by atoms with van der Waals surface area (Å²) in [5.41, 5.74) is 0.912. The van der Waals surface area contributed by atoms with Gasteiger partial charge in [-0.05, 0) is 12.2 Å². The summed E-state index contributed by atoms with van der Waals surface area (Å²) in [5, 5.41) is 0. The molecule has 0 N–H and O–H groups in total. The van der Waals surface area contributed by atoms with E-state index >= 15 is 0 Å². The van der Waals surface area contributed by atoms with E-state index in [0.717, 1.165) is 24.3 Å². The maximum atomic E-state index is 11.8. The van der Waals surface area contributed by atoms with Crippen LogP contribution < -0.4 is 0 Å². The van der Waals surface area contributed by atoms with E-state index in [1.165, 1.54) is 0 Å². The van der Waals surface area contributed by atoms with Crippen molar-refractivity contribution in [1.29, 1.82) is 0 Å². The first-order valence-corrected chi connectivity index (χ1v) is 8.44. The molecular weight excluding hydrogens is 360 g/mol. The van der Waals surface area contributed by atoms with Crippen molar-refractivity contribution in [2.45, 2.75) is 0 Å². The van der Waals surface area contributed by atoms with Crippen LogP contribution >= 0.6 is 0 Å². The van der Waals surface area contributed by atoms with Gasteiger partial charge in [0.25, 0.3) is 0 Å². The highest BCUT2D eigenvalue weighted by atomic mass is 16.6. The van der Waals surface area contributed by atoms with Crippen molar-refractivity contribution in [3.05, 3.63) is 96.1 Å².